The number of likely N-dealkylation sites (tertiary alicyclic amines) is 1. The molecule has 4 unspecified atom stereocenters. The summed E-state index contributed by atoms with van der Waals surface area (Å²) >= 11 is 0. The Morgan fingerprint density at radius 3 is 2.22 bits per heavy atom. The summed E-state index contributed by atoms with van der Waals surface area (Å²) in [7, 11) is 0. The molecule has 2 N–H and O–H groups in total. The third kappa shape index (κ3) is 1.84. The first-order valence-electron chi connectivity index (χ1n) is 7.92. The number of hydrogen-bond acceptors (Lipinski definition) is 2. The van der Waals surface area contributed by atoms with Gasteiger partial charge in [0.2, 0.25) is 0 Å². The topological polar surface area (TPSA) is 29.3 Å². The van der Waals surface area contributed by atoms with Gasteiger partial charge >= 0.3 is 0 Å². The lowest BCUT2D eigenvalue weighted by Crippen LogP contribution is -2.55. The van der Waals surface area contributed by atoms with Crippen molar-refractivity contribution in [2.45, 2.75) is 58.4 Å². The van der Waals surface area contributed by atoms with Crippen molar-refractivity contribution < 1.29 is 0 Å². The van der Waals surface area contributed by atoms with Gasteiger partial charge in [-0.1, -0.05) is 27.2 Å². The van der Waals surface area contributed by atoms with Crippen LogP contribution >= 0.6 is 0 Å². The Hall–Kier alpha value is -0.0800. The van der Waals surface area contributed by atoms with E-state index in [4.69, 9.17) is 5.73 Å². The standard InChI is InChI=1S/C16H30N2/c1-12-7-15(2,3)10-16(12,11-17)18-8-13-5-4-6-14(13)9-18/h12-14H,4-11,17H2,1-3H3. The lowest BCUT2D eigenvalue weighted by molar-refractivity contribution is 0.0751. The minimum Gasteiger partial charge on any atom is -0.329 e. The molecule has 0 amide bonds. The summed E-state index contributed by atoms with van der Waals surface area (Å²) in [6.45, 7) is 10.8. The second-order valence-corrected chi connectivity index (χ2v) is 8.11. The smallest absolute Gasteiger partial charge is 0.0362 e. The van der Waals surface area contributed by atoms with E-state index in [1.807, 2.05) is 0 Å². The van der Waals surface area contributed by atoms with E-state index in [9.17, 15) is 0 Å². The molecule has 1 saturated heterocycles. The van der Waals surface area contributed by atoms with Gasteiger partial charge in [0.05, 0.1) is 0 Å². The van der Waals surface area contributed by atoms with Gasteiger partial charge in [0, 0.05) is 25.2 Å². The van der Waals surface area contributed by atoms with E-state index in [0.717, 1.165) is 24.3 Å². The second-order valence-electron chi connectivity index (χ2n) is 8.11. The first-order valence-corrected chi connectivity index (χ1v) is 7.92. The van der Waals surface area contributed by atoms with Gasteiger partial charge in [-0.05, 0) is 48.9 Å². The highest BCUT2D eigenvalue weighted by Gasteiger charge is 2.54. The molecule has 0 bridgehead atoms. The van der Waals surface area contributed by atoms with Gasteiger partial charge in [0.1, 0.15) is 0 Å². The Balaban J connectivity index is 1.81. The van der Waals surface area contributed by atoms with E-state index in [0.29, 0.717) is 11.0 Å². The molecular weight excluding hydrogens is 220 g/mol. The molecule has 4 atom stereocenters. The van der Waals surface area contributed by atoms with Crippen LogP contribution in [-0.2, 0) is 0 Å². The summed E-state index contributed by atoms with van der Waals surface area (Å²) in [5.41, 5.74) is 7.06. The summed E-state index contributed by atoms with van der Waals surface area (Å²) in [4.78, 5) is 2.81. The molecule has 2 nitrogen and oxygen atoms in total. The fraction of sp³-hybridized carbons (Fsp3) is 1.00. The van der Waals surface area contributed by atoms with Crippen LogP contribution < -0.4 is 5.73 Å². The highest BCUT2D eigenvalue weighted by Crippen LogP contribution is 2.52. The van der Waals surface area contributed by atoms with Crippen LogP contribution in [0.1, 0.15) is 52.9 Å². The molecule has 2 aliphatic carbocycles. The predicted octanol–water partition coefficient (Wildman–Crippen LogP) is 2.87. The highest BCUT2D eigenvalue weighted by atomic mass is 15.2. The molecule has 0 spiro atoms. The third-order valence-electron chi connectivity index (χ3n) is 6.27. The number of hydrogen-bond donors (Lipinski definition) is 1. The average molecular weight is 250 g/mol. The monoisotopic (exact) mass is 250 g/mol. The summed E-state index contributed by atoms with van der Waals surface area (Å²) in [5, 5.41) is 0. The van der Waals surface area contributed by atoms with Crippen molar-refractivity contribution in [3.63, 3.8) is 0 Å². The van der Waals surface area contributed by atoms with Crippen LogP contribution in [0.2, 0.25) is 0 Å². The van der Waals surface area contributed by atoms with Crippen molar-refractivity contribution >= 4 is 0 Å². The normalized spacial score (nSPS) is 47.7. The largest absolute Gasteiger partial charge is 0.329 e. The quantitative estimate of drug-likeness (QED) is 0.816. The van der Waals surface area contributed by atoms with Gasteiger partial charge < -0.3 is 5.73 Å². The van der Waals surface area contributed by atoms with Crippen LogP contribution in [-0.4, -0.2) is 30.1 Å². The summed E-state index contributed by atoms with van der Waals surface area (Å²) in [5.74, 6) is 2.74. The van der Waals surface area contributed by atoms with Crippen LogP contribution in [0, 0.1) is 23.2 Å². The van der Waals surface area contributed by atoms with E-state index < -0.39 is 0 Å². The van der Waals surface area contributed by atoms with Crippen molar-refractivity contribution in [1.82, 2.24) is 4.90 Å². The number of nitrogens with zero attached hydrogens (tertiary/aromatic N) is 1. The molecule has 0 aromatic carbocycles. The zero-order chi connectivity index (χ0) is 13.0. The number of fused-ring (bicyclic) bond motifs is 1. The lowest BCUT2D eigenvalue weighted by Gasteiger charge is -2.43. The summed E-state index contributed by atoms with van der Waals surface area (Å²) in [6, 6.07) is 0. The molecular formula is C16H30N2. The molecule has 0 aromatic heterocycles. The van der Waals surface area contributed by atoms with Gasteiger partial charge in [0.25, 0.3) is 0 Å². The fourth-order valence-electron chi connectivity index (χ4n) is 5.52. The van der Waals surface area contributed by atoms with E-state index >= 15 is 0 Å². The first kappa shape index (κ1) is 12.9. The Kier molecular flexibility index (Phi) is 3.02. The Bertz CT molecular complexity index is 313. The maximum Gasteiger partial charge on any atom is 0.0362 e. The van der Waals surface area contributed by atoms with Crippen molar-refractivity contribution in [1.29, 1.82) is 0 Å². The number of rotatable bonds is 2. The zero-order valence-electron chi connectivity index (χ0n) is 12.4. The molecule has 3 fully saturated rings. The van der Waals surface area contributed by atoms with Crippen LogP contribution in [0.3, 0.4) is 0 Å². The van der Waals surface area contributed by atoms with Crippen molar-refractivity contribution in [2.75, 3.05) is 19.6 Å². The van der Waals surface area contributed by atoms with Crippen LogP contribution in [0.25, 0.3) is 0 Å². The van der Waals surface area contributed by atoms with Crippen molar-refractivity contribution in [2.24, 2.45) is 28.9 Å². The second kappa shape index (κ2) is 4.21. The van der Waals surface area contributed by atoms with Gasteiger partial charge in [-0.2, -0.15) is 0 Å². The highest BCUT2D eigenvalue weighted by molar-refractivity contribution is 5.09. The molecule has 104 valence electrons. The van der Waals surface area contributed by atoms with E-state index in [2.05, 4.69) is 25.7 Å². The Morgan fingerprint density at radius 2 is 1.78 bits per heavy atom. The minimum absolute atomic E-state index is 0.313. The van der Waals surface area contributed by atoms with Crippen molar-refractivity contribution in [3.05, 3.63) is 0 Å². The maximum absolute atomic E-state index is 6.27. The zero-order valence-corrected chi connectivity index (χ0v) is 12.4. The first-order chi connectivity index (χ1) is 8.47. The molecule has 18 heavy (non-hydrogen) atoms. The van der Waals surface area contributed by atoms with Crippen LogP contribution in [0.5, 0.6) is 0 Å². The summed E-state index contributed by atoms with van der Waals surface area (Å²) in [6.07, 6.45) is 7.06. The minimum atomic E-state index is 0.313. The van der Waals surface area contributed by atoms with Gasteiger partial charge in [0.15, 0.2) is 0 Å². The molecule has 3 aliphatic rings. The molecule has 3 rings (SSSR count). The Morgan fingerprint density at radius 1 is 1.17 bits per heavy atom. The maximum atomic E-state index is 6.27. The van der Waals surface area contributed by atoms with Crippen LogP contribution in [0.4, 0.5) is 0 Å². The van der Waals surface area contributed by atoms with Crippen LogP contribution in [0.15, 0.2) is 0 Å². The van der Waals surface area contributed by atoms with Gasteiger partial charge in [-0.3, -0.25) is 4.90 Å². The molecule has 0 radical (unpaired) electrons. The van der Waals surface area contributed by atoms with Gasteiger partial charge in [-0.25, -0.2) is 0 Å². The summed E-state index contributed by atoms with van der Waals surface area (Å²) < 4.78 is 0. The molecule has 2 saturated carbocycles. The average Bonchev–Trinajstić information content (AvgIpc) is 2.89. The molecule has 1 heterocycles. The fourth-order valence-corrected chi connectivity index (χ4v) is 5.52. The SMILES string of the molecule is CC1CC(C)(C)CC1(CN)N1CC2CCCC2C1. The molecule has 2 heteroatoms. The number of nitrogens with two attached hydrogens (primary N) is 1. The van der Waals surface area contributed by atoms with E-state index in [1.165, 1.54) is 45.2 Å². The third-order valence-corrected chi connectivity index (χ3v) is 6.27. The Labute approximate surface area is 112 Å². The van der Waals surface area contributed by atoms with Gasteiger partial charge in [-0.15, -0.1) is 0 Å². The molecule has 1 aliphatic heterocycles. The van der Waals surface area contributed by atoms with E-state index in [-0.39, 0.29) is 0 Å². The predicted molar refractivity (Wildman–Crippen MR) is 76.4 cm³/mol. The molecule has 0 aromatic rings. The lowest BCUT2D eigenvalue weighted by atomic mass is 9.84. The van der Waals surface area contributed by atoms with Crippen molar-refractivity contribution in [3.8, 4) is 0 Å². The van der Waals surface area contributed by atoms with E-state index in [1.54, 1.807) is 0 Å².